The second-order valence-electron chi connectivity index (χ2n) is 7.24. The zero-order valence-corrected chi connectivity index (χ0v) is 18.0. The van der Waals surface area contributed by atoms with Crippen molar-refractivity contribution in [2.24, 2.45) is 7.05 Å². The van der Waals surface area contributed by atoms with Gasteiger partial charge in [0, 0.05) is 29.9 Å². The van der Waals surface area contributed by atoms with E-state index in [0.717, 1.165) is 28.2 Å². The lowest BCUT2D eigenvalue weighted by Crippen LogP contribution is -2.04. The fourth-order valence-electron chi connectivity index (χ4n) is 3.55. The van der Waals surface area contributed by atoms with Gasteiger partial charge in [-0.3, -0.25) is 4.68 Å². The number of aryl methyl sites for hydroxylation is 3. The summed E-state index contributed by atoms with van der Waals surface area (Å²) in [4.78, 5) is 20.3. The van der Waals surface area contributed by atoms with Crippen LogP contribution in [0.3, 0.4) is 0 Å². The van der Waals surface area contributed by atoms with E-state index in [0.29, 0.717) is 23.0 Å². The molecule has 0 saturated heterocycles. The van der Waals surface area contributed by atoms with Crippen molar-refractivity contribution in [3.8, 4) is 17.1 Å². The van der Waals surface area contributed by atoms with Crippen molar-refractivity contribution in [2.75, 3.05) is 12.4 Å². The number of benzene rings is 1. The Morgan fingerprint density at radius 3 is 2.42 bits per heavy atom. The normalized spacial score (nSPS) is 10.9. The van der Waals surface area contributed by atoms with E-state index in [9.17, 15) is 4.79 Å². The molecule has 0 aliphatic carbocycles. The van der Waals surface area contributed by atoms with Gasteiger partial charge >= 0.3 is 5.97 Å². The van der Waals surface area contributed by atoms with Crippen molar-refractivity contribution in [3.63, 3.8) is 0 Å². The number of esters is 1. The Hall–Kier alpha value is -4.01. The molecule has 0 aliphatic heterocycles. The summed E-state index contributed by atoms with van der Waals surface area (Å²) < 4.78 is 8.34. The van der Waals surface area contributed by atoms with Crippen molar-refractivity contribution in [3.05, 3.63) is 65.2 Å². The minimum absolute atomic E-state index is 0.363. The molecule has 1 aromatic carbocycles. The van der Waals surface area contributed by atoms with Gasteiger partial charge in [0.05, 0.1) is 24.1 Å². The number of methoxy groups -OCH3 is 1. The number of rotatable bonds is 5. The Morgan fingerprint density at radius 1 is 1.03 bits per heavy atom. The third-order valence-electron chi connectivity index (χ3n) is 4.99. The molecule has 3 heterocycles. The molecule has 0 atom stereocenters. The summed E-state index contributed by atoms with van der Waals surface area (Å²) in [5, 5.41) is 12.4. The van der Waals surface area contributed by atoms with E-state index in [1.807, 2.05) is 52.1 Å². The molecule has 9 nitrogen and oxygen atoms in total. The van der Waals surface area contributed by atoms with E-state index in [2.05, 4.69) is 25.5 Å². The van der Waals surface area contributed by atoms with Gasteiger partial charge in [-0.1, -0.05) is 12.1 Å². The van der Waals surface area contributed by atoms with Crippen molar-refractivity contribution < 1.29 is 9.53 Å². The number of nitrogens with one attached hydrogen (secondary N) is 1. The third kappa shape index (κ3) is 3.89. The van der Waals surface area contributed by atoms with Crippen LogP contribution in [0.5, 0.6) is 0 Å². The van der Waals surface area contributed by atoms with E-state index in [4.69, 9.17) is 4.74 Å². The molecule has 0 spiro atoms. The first-order chi connectivity index (χ1) is 14.9. The standard InChI is InChI=1S/C22H23N7O2/c1-13-10-14(2)29(26-13)19-11-18(23-12-24-19)25-21-15(3)20(28(4)27-21)16-6-8-17(9-7-16)22(30)31-5/h6-12H,1-5H3,(H,23,24,25,27). The van der Waals surface area contributed by atoms with Crippen LogP contribution in [-0.4, -0.2) is 42.6 Å². The number of ether oxygens (including phenoxy) is 1. The largest absolute Gasteiger partial charge is 0.465 e. The van der Waals surface area contributed by atoms with Crippen LogP contribution < -0.4 is 5.32 Å². The first-order valence-electron chi connectivity index (χ1n) is 9.72. The molecule has 0 radical (unpaired) electrons. The first-order valence-corrected chi connectivity index (χ1v) is 9.72. The summed E-state index contributed by atoms with van der Waals surface area (Å²) >= 11 is 0. The molecule has 0 aliphatic rings. The highest BCUT2D eigenvalue weighted by Crippen LogP contribution is 2.30. The Balaban J connectivity index is 1.63. The zero-order chi connectivity index (χ0) is 22.1. The van der Waals surface area contributed by atoms with Crippen LogP contribution in [-0.2, 0) is 11.8 Å². The maximum absolute atomic E-state index is 11.7. The highest BCUT2D eigenvalue weighted by atomic mass is 16.5. The topological polar surface area (TPSA) is 99.8 Å². The molecule has 1 N–H and O–H groups in total. The molecular formula is C22H23N7O2. The van der Waals surface area contributed by atoms with Gasteiger partial charge in [0.15, 0.2) is 11.6 Å². The van der Waals surface area contributed by atoms with Crippen LogP contribution in [0.15, 0.2) is 42.7 Å². The number of hydrogen-bond donors (Lipinski definition) is 1. The maximum Gasteiger partial charge on any atom is 0.337 e. The lowest BCUT2D eigenvalue weighted by Gasteiger charge is -2.07. The van der Waals surface area contributed by atoms with Gasteiger partial charge in [-0.05, 0) is 39.0 Å². The van der Waals surface area contributed by atoms with Gasteiger partial charge in [-0.2, -0.15) is 10.2 Å². The number of carbonyl (C=O) groups excluding carboxylic acids is 1. The molecule has 0 saturated carbocycles. The van der Waals surface area contributed by atoms with Gasteiger partial charge in [0.2, 0.25) is 0 Å². The van der Waals surface area contributed by atoms with Gasteiger partial charge < -0.3 is 10.1 Å². The summed E-state index contributed by atoms with van der Waals surface area (Å²) in [6.07, 6.45) is 1.50. The van der Waals surface area contributed by atoms with Crippen molar-refractivity contribution in [1.29, 1.82) is 0 Å². The van der Waals surface area contributed by atoms with E-state index >= 15 is 0 Å². The zero-order valence-electron chi connectivity index (χ0n) is 18.0. The predicted octanol–water partition coefficient (Wildman–Crippen LogP) is 3.52. The fraction of sp³-hybridized carbons (Fsp3) is 0.227. The predicted molar refractivity (Wildman–Crippen MR) is 117 cm³/mol. The Bertz CT molecular complexity index is 1260. The van der Waals surface area contributed by atoms with Crippen LogP contribution in [0.4, 0.5) is 11.6 Å². The minimum atomic E-state index is -0.363. The van der Waals surface area contributed by atoms with Gasteiger partial charge in [0.1, 0.15) is 12.1 Å². The summed E-state index contributed by atoms with van der Waals surface area (Å²) in [6, 6.07) is 11.1. The number of anilines is 2. The number of nitrogens with zero attached hydrogens (tertiary/aromatic N) is 6. The van der Waals surface area contributed by atoms with E-state index in [-0.39, 0.29) is 5.97 Å². The van der Waals surface area contributed by atoms with Crippen LogP contribution in [0, 0.1) is 20.8 Å². The molecule has 4 aromatic rings. The number of carbonyl (C=O) groups is 1. The maximum atomic E-state index is 11.7. The molecule has 0 bridgehead atoms. The van der Waals surface area contributed by atoms with Crippen molar-refractivity contribution in [2.45, 2.75) is 20.8 Å². The van der Waals surface area contributed by atoms with Crippen LogP contribution in [0.2, 0.25) is 0 Å². The van der Waals surface area contributed by atoms with Crippen LogP contribution in [0.25, 0.3) is 17.1 Å². The highest BCUT2D eigenvalue weighted by Gasteiger charge is 2.16. The summed E-state index contributed by atoms with van der Waals surface area (Å²) in [6.45, 7) is 5.91. The average Bonchev–Trinajstić information content (AvgIpc) is 3.24. The summed E-state index contributed by atoms with van der Waals surface area (Å²) in [5.41, 5.74) is 5.26. The van der Waals surface area contributed by atoms with Crippen molar-refractivity contribution in [1.82, 2.24) is 29.5 Å². The van der Waals surface area contributed by atoms with Gasteiger partial charge in [-0.15, -0.1) is 0 Å². The Labute approximate surface area is 179 Å². The average molecular weight is 417 g/mol. The van der Waals surface area contributed by atoms with Crippen LogP contribution >= 0.6 is 0 Å². The highest BCUT2D eigenvalue weighted by molar-refractivity contribution is 5.90. The summed E-state index contributed by atoms with van der Waals surface area (Å²) in [7, 11) is 3.25. The molecule has 0 unspecified atom stereocenters. The smallest absolute Gasteiger partial charge is 0.337 e. The van der Waals surface area contributed by atoms with E-state index in [1.165, 1.54) is 13.4 Å². The number of aromatic nitrogens is 6. The monoisotopic (exact) mass is 417 g/mol. The lowest BCUT2D eigenvalue weighted by atomic mass is 10.1. The number of hydrogen-bond acceptors (Lipinski definition) is 7. The Morgan fingerprint density at radius 2 is 1.77 bits per heavy atom. The SMILES string of the molecule is COC(=O)c1ccc(-c2c(C)c(Nc3cc(-n4nc(C)cc4C)ncn3)nn2C)cc1. The van der Waals surface area contributed by atoms with Gasteiger partial charge in [-0.25, -0.2) is 19.4 Å². The lowest BCUT2D eigenvalue weighted by molar-refractivity contribution is 0.0601. The van der Waals surface area contributed by atoms with Crippen molar-refractivity contribution >= 4 is 17.6 Å². The second-order valence-corrected chi connectivity index (χ2v) is 7.24. The minimum Gasteiger partial charge on any atom is -0.465 e. The van der Waals surface area contributed by atoms with Gasteiger partial charge in [0.25, 0.3) is 0 Å². The molecule has 3 aromatic heterocycles. The van der Waals surface area contributed by atoms with Crippen LogP contribution in [0.1, 0.15) is 27.3 Å². The van der Waals surface area contributed by atoms with E-state index < -0.39 is 0 Å². The van der Waals surface area contributed by atoms with E-state index in [1.54, 1.807) is 21.5 Å². The molecular weight excluding hydrogens is 394 g/mol. The molecule has 0 amide bonds. The molecule has 158 valence electrons. The third-order valence-corrected chi connectivity index (χ3v) is 4.99. The summed E-state index contributed by atoms with van der Waals surface area (Å²) in [5.74, 6) is 1.62. The Kier molecular flexibility index (Phi) is 5.24. The molecule has 4 rings (SSSR count). The quantitative estimate of drug-likeness (QED) is 0.496. The second kappa shape index (κ2) is 8.02. The molecule has 9 heteroatoms. The fourth-order valence-corrected chi connectivity index (χ4v) is 3.55. The molecule has 0 fully saturated rings. The first kappa shape index (κ1) is 20.3. The molecule has 31 heavy (non-hydrogen) atoms.